The first-order valence-corrected chi connectivity index (χ1v) is 6.98. The molecular formula is C15H21N3O2. The lowest BCUT2D eigenvalue weighted by Crippen LogP contribution is -2.47. The molecule has 3 N–H and O–H groups in total. The van der Waals surface area contributed by atoms with Crippen LogP contribution in [0.5, 0.6) is 0 Å². The van der Waals surface area contributed by atoms with Crippen molar-refractivity contribution in [3.63, 3.8) is 0 Å². The number of carbonyl (C=O) groups excluding carboxylic acids is 2. The van der Waals surface area contributed by atoms with Crippen molar-refractivity contribution in [2.24, 2.45) is 5.73 Å². The van der Waals surface area contributed by atoms with Crippen LogP contribution in [0, 0.1) is 0 Å². The van der Waals surface area contributed by atoms with Gasteiger partial charge < -0.3 is 5.73 Å². The quantitative estimate of drug-likeness (QED) is 0.828. The maximum Gasteiger partial charge on any atom is 0.240 e. The summed E-state index contributed by atoms with van der Waals surface area (Å²) in [5, 5.41) is 2.43. The van der Waals surface area contributed by atoms with Gasteiger partial charge >= 0.3 is 0 Å². The number of hydrogen-bond acceptors (Lipinski definition) is 4. The van der Waals surface area contributed by atoms with Gasteiger partial charge in [-0.05, 0) is 24.9 Å². The van der Waals surface area contributed by atoms with Gasteiger partial charge in [-0.2, -0.15) is 0 Å². The van der Waals surface area contributed by atoms with Crippen molar-refractivity contribution >= 4 is 11.8 Å². The third-order valence-electron chi connectivity index (χ3n) is 3.40. The average Bonchev–Trinajstić information content (AvgIpc) is 2.39. The van der Waals surface area contributed by atoms with Gasteiger partial charge in [-0.1, -0.05) is 30.3 Å². The van der Waals surface area contributed by atoms with Crippen LogP contribution in [0.4, 0.5) is 0 Å². The molecule has 5 heteroatoms. The molecule has 0 spiro atoms. The minimum atomic E-state index is -0.262. The van der Waals surface area contributed by atoms with Gasteiger partial charge in [0, 0.05) is 12.6 Å². The van der Waals surface area contributed by atoms with E-state index in [0.29, 0.717) is 0 Å². The fourth-order valence-electron chi connectivity index (χ4n) is 2.46. The zero-order chi connectivity index (χ0) is 14.4. The minimum Gasteiger partial charge on any atom is -0.327 e. The lowest BCUT2D eigenvalue weighted by Gasteiger charge is -2.29. The molecule has 1 saturated heterocycles. The van der Waals surface area contributed by atoms with Crippen molar-refractivity contribution in [3.05, 3.63) is 35.9 Å². The number of rotatable bonds is 4. The lowest BCUT2D eigenvalue weighted by molar-refractivity contribution is -0.130. The smallest absolute Gasteiger partial charge is 0.240 e. The van der Waals surface area contributed by atoms with Crippen LogP contribution < -0.4 is 11.1 Å². The Bertz CT molecular complexity index is 461. The predicted molar refractivity (Wildman–Crippen MR) is 76.9 cm³/mol. The zero-order valence-electron chi connectivity index (χ0n) is 11.5. The second-order valence-corrected chi connectivity index (χ2v) is 5.27. The number of nitrogens with one attached hydrogen (secondary N) is 1. The molecule has 0 unspecified atom stereocenters. The maximum absolute atomic E-state index is 11.8. The molecule has 0 bridgehead atoms. The molecular weight excluding hydrogens is 254 g/mol. The van der Waals surface area contributed by atoms with Gasteiger partial charge in [0.25, 0.3) is 0 Å². The van der Waals surface area contributed by atoms with Crippen LogP contribution in [0.1, 0.15) is 18.4 Å². The van der Waals surface area contributed by atoms with E-state index in [9.17, 15) is 9.59 Å². The first-order valence-electron chi connectivity index (χ1n) is 6.98. The Labute approximate surface area is 119 Å². The summed E-state index contributed by atoms with van der Waals surface area (Å²) in [6.07, 6.45) is 2.24. The van der Waals surface area contributed by atoms with Crippen molar-refractivity contribution in [1.82, 2.24) is 10.2 Å². The number of hydrogen-bond donors (Lipinski definition) is 2. The standard InChI is InChI=1S/C15H21N3O2/c16-13-7-4-8-18(10-13)11-15(20)17-14(19)9-12-5-2-1-3-6-12/h1-3,5-6,13H,4,7-11,16H2,(H,17,19,20)/t13-/m1/s1. The number of carbonyl (C=O) groups is 2. The first-order chi connectivity index (χ1) is 9.63. The van der Waals surface area contributed by atoms with Gasteiger partial charge in [0.15, 0.2) is 0 Å². The predicted octanol–water partition coefficient (Wildman–Crippen LogP) is 0.295. The summed E-state index contributed by atoms with van der Waals surface area (Å²) in [6.45, 7) is 1.84. The fourth-order valence-corrected chi connectivity index (χ4v) is 2.46. The Hall–Kier alpha value is -1.72. The molecule has 108 valence electrons. The van der Waals surface area contributed by atoms with Crippen molar-refractivity contribution in [3.8, 4) is 0 Å². The molecule has 1 aliphatic rings. The Morgan fingerprint density at radius 2 is 2.00 bits per heavy atom. The highest BCUT2D eigenvalue weighted by molar-refractivity contribution is 5.96. The summed E-state index contributed by atoms with van der Waals surface area (Å²) >= 11 is 0. The van der Waals surface area contributed by atoms with Crippen LogP contribution in [0.25, 0.3) is 0 Å². The third kappa shape index (κ3) is 4.75. The van der Waals surface area contributed by atoms with E-state index in [-0.39, 0.29) is 30.8 Å². The molecule has 1 aliphatic heterocycles. The zero-order valence-corrected chi connectivity index (χ0v) is 11.5. The number of benzene rings is 1. The van der Waals surface area contributed by atoms with E-state index in [2.05, 4.69) is 5.32 Å². The largest absolute Gasteiger partial charge is 0.327 e. The van der Waals surface area contributed by atoms with Crippen LogP contribution in [-0.4, -0.2) is 42.4 Å². The van der Waals surface area contributed by atoms with E-state index in [1.807, 2.05) is 35.2 Å². The number of amides is 2. The minimum absolute atomic E-state index is 0.136. The molecule has 20 heavy (non-hydrogen) atoms. The van der Waals surface area contributed by atoms with E-state index < -0.39 is 0 Å². The molecule has 1 atom stereocenters. The van der Waals surface area contributed by atoms with Crippen LogP contribution in [-0.2, 0) is 16.0 Å². The monoisotopic (exact) mass is 275 g/mol. The molecule has 0 saturated carbocycles. The van der Waals surface area contributed by atoms with Crippen molar-refractivity contribution in [2.75, 3.05) is 19.6 Å². The van der Waals surface area contributed by atoms with Gasteiger partial charge in [0.05, 0.1) is 13.0 Å². The van der Waals surface area contributed by atoms with Gasteiger partial charge in [0.1, 0.15) is 0 Å². The highest BCUT2D eigenvalue weighted by Crippen LogP contribution is 2.07. The second kappa shape index (κ2) is 7.17. The van der Waals surface area contributed by atoms with Crippen LogP contribution in [0.15, 0.2) is 30.3 Å². The molecule has 1 aromatic rings. The molecule has 0 radical (unpaired) electrons. The van der Waals surface area contributed by atoms with Crippen LogP contribution in [0.3, 0.4) is 0 Å². The number of likely N-dealkylation sites (tertiary alicyclic amines) is 1. The molecule has 2 rings (SSSR count). The highest BCUT2D eigenvalue weighted by Gasteiger charge is 2.19. The Morgan fingerprint density at radius 3 is 2.70 bits per heavy atom. The number of imide groups is 1. The maximum atomic E-state index is 11.8. The summed E-state index contributed by atoms with van der Waals surface area (Å²) in [5.74, 6) is -0.512. The van der Waals surface area contributed by atoms with Gasteiger partial charge in [-0.25, -0.2) is 0 Å². The molecule has 1 heterocycles. The Balaban J connectivity index is 1.75. The van der Waals surface area contributed by atoms with Crippen molar-refractivity contribution in [1.29, 1.82) is 0 Å². The van der Waals surface area contributed by atoms with Crippen LogP contribution in [0.2, 0.25) is 0 Å². The molecule has 2 amide bonds. The number of nitrogens with zero attached hydrogens (tertiary/aromatic N) is 1. The molecule has 0 aromatic heterocycles. The summed E-state index contributed by atoms with van der Waals surface area (Å²) in [7, 11) is 0. The van der Waals surface area contributed by atoms with E-state index in [0.717, 1.165) is 31.5 Å². The summed E-state index contributed by atoms with van der Waals surface area (Å²) in [4.78, 5) is 25.6. The van der Waals surface area contributed by atoms with Crippen LogP contribution >= 0.6 is 0 Å². The summed E-state index contributed by atoms with van der Waals surface area (Å²) in [6, 6.07) is 9.52. The van der Waals surface area contributed by atoms with Gasteiger partial charge in [-0.3, -0.25) is 19.8 Å². The fraction of sp³-hybridized carbons (Fsp3) is 0.467. The lowest BCUT2D eigenvalue weighted by atomic mass is 10.1. The third-order valence-corrected chi connectivity index (χ3v) is 3.40. The highest BCUT2D eigenvalue weighted by atomic mass is 16.2. The van der Waals surface area contributed by atoms with E-state index in [1.165, 1.54) is 0 Å². The average molecular weight is 275 g/mol. The van der Waals surface area contributed by atoms with E-state index in [1.54, 1.807) is 0 Å². The molecule has 0 aliphatic carbocycles. The normalized spacial score (nSPS) is 19.6. The summed E-state index contributed by atoms with van der Waals surface area (Å²) < 4.78 is 0. The second-order valence-electron chi connectivity index (χ2n) is 5.27. The Morgan fingerprint density at radius 1 is 1.25 bits per heavy atom. The molecule has 5 nitrogen and oxygen atoms in total. The van der Waals surface area contributed by atoms with Crippen molar-refractivity contribution in [2.45, 2.75) is 25.3 Å². The molecule has 1 fully saturated rings. The number of nitrogens with two attached hydrogens (primary N) is 1. The first kappa shape index (κ1) is 14.7. The SMILES string of the molecule is N[C@@H]1CCCN(CC(=O)NC(=O)Cc2ccccc2)C1. The van der Waals surface area contributed by atoms with E-state index in [4.69, 9.17) is 5.73 Å². The van der Waals surface area contributed by atoms with Crippen molar-refractivity contribution < 1.29 is 9.59 Å². The topological polar surface area (TPSA) is 75.4 Å². The summed E-state index contributed by atoms with van der Waals surface area (Å²) in [5.41, 5.74) is 6.76. The van der Waals surface area contributed by atoms with Gasteiger partial charge in [0.2, 0.25) is 11.8 Å². The van der Waals surface area contributed by atoms with E-state index >= 15 is 0 Å². The molecule has 1 aromatic carbocycles. The number of piperidine rings is 1. The van der Waals surface area contributed by atoms with Gasteiger partial charge in [-0.15, -0.1) is 0 Å². The Kier molecular flexibility index (Phi) is 5.26.